The van der Waals surface area contributed by atoms with Crippen molar-refractivity contribution in [1.82, 2.24) is 5.32 Å². The molecule has 0 saturated heterocycles. The summed E-state index contributed by atoms with van der Waals surface area (Å²) in [4.78, 5) is 23.4. The molecule has 0 unspecified atom stereocenters. The molecule has 0 heterocycles. The van der Waals surface area contributed by atoms with Gasteiger partial charge in [-0.25, -0.2) is 4.79 Å². The molecule has 1 aliphatic carbocycles. The number of benzene rings is 1. The van der Waals surface area contributed by atoms with Crippen LogP contribution in [0, 0.1) is 0 Å². The number of carbonyl (C=O) groups excluding carboxylic acids is 2. The predicted octanol–water partition coefficient (Wildman–Crippen LogP) is 2.31. The number of rotatable bonds is 7. The SMILES string of the molecule is CCOc1ccc(/C=C/C(=O)O[C@H](C)C(=O)NC2CC2)cc1. The average Bonchev–Trinajstić information content (AvgIpc) is 3.30. The summed E-state index contributed by atoms with van der Waals surface area (Å²) in [5.74, 6) is 0.00486. The molecule has 22 heavy (non-hydrogen) atoms. The van der Waals surface area contributed by atoms with Gasteiger partial charge in [0.2, 0.25) is 0 Å². The van der Waals surface area contributed by atoms with Gasteiger partial charge in [0.25, 0.3) is 5.91 Å². The fraction of sp³-hybridized carbons (Fsp3) is 0.412. The molecule has 1 aromatic carbocycles. The van der Waals surface area contributed by atoms with Crippen LogP contribution < -0.4 is 10.1 Å². The van der Waals surface area contributed by atoms with Crippen molar-refractivity contribution in [3.05, 3.63) is 35.9 Å². The quantitative estimate of drug-likeness (QED) is 0.620. The molecule has 0 bridgehead atoms. The molecular formula is C17H21NO4. The van der Waals surface area contributed by atoms with Gasteiger partial charge in [0.1, 0.15) is 5.75 Å². The summed E-state index contributed by atoms with van der Waals surface area (Å²) in [7, 11) is 0. The van der Waals surface area contributed by atoms with Crippen LogP contribution in [0.5, 0.6) is 5.75 Å². The van der Waals surface area contributed by atoms with Crippen molar-refractivity contribution in [2.75, 3.05) is 6.61 Å². The zero-order chi connectivity index (χ0) is 15.9. The molecule has 0 radical (unpaired) electrons. The predicted molar refractivity (Wildman–Crippen MR) is 83.4 cm³/mol. The first-order chi connectivity index (χ1) is 10.6. The van der Waals surface area contributed by atoms with Gasteiger partial charge in [-0.3, -0.25) is 4.79 Å². The molecule has 5 heteroatoms. The number of carbonyl (C=O) groups is 2. The van der Waals surface area contributed by atoms with Gasteiger partial charge in [-0.15, -0.1) is 0 Å². The maximum atomic E-state index is 11.7. The molecular weight excluding hydrogens is 282 g/mol. The maximum Gasteiger partial charge on any atom is 0.331 e. The highest BCUT2D eigenvalue weighted by Crippen LogP contribution is 2.18. The molecule has 2 rings (SSSR count). The Labute approximate surface area is 130 Å². The average molecular weight is 303 g/mol. The Balaban J connectivity index is 1.80. The van der Waals surface area contributed by atoms with Gasteiger partial charge in [0, 0.05) is 12.1 Å². The molecule has 0 aliphatic heterocycles. The van der Waals surface area contributed by atoms with Crippen molar-refractivity contribution in [1.29, 1.82) is 0 Å². The van der Waals surface area contributed by atoms with E-state index in [-0.39, 0.29) is 11.9 Å². The summed E-state index contributed by atoms with van der Waals surface area (Å²) >= 11 is 0. The topological polar surface area (TPSA) is 64.6 Å². The smallest absolute Gasteiger partial charge is 0.331 e. The van der Waals surface area contributed by atoms with E-state index < -0.39 is 12.1 Å². The number of hydrogen-bond donors (Lipinski definition) is 1. The van der Waals surface area contributed by atoms with E-state index in [2.05, 4.69) is 5.32 Å². The highest BCUT2D eigenvalue weighted by atomic mass is 16.5. The van der Waals surface area contributed by atoms with Crippen molar-refractivity contribution in [3.8, 4) is 5.75 Å². The molecule has 1 aliphatic rings. The largest absolute Gasteiger partial charge is 0.494 e. The Morgan fingerprint density at radius 2 is 2.00 bits per heavy atom. The fourth-order valence-corrected chi connectivity index (χ4v) is 1.82. The highest BCUT2D eigenvalue weighted by Gasteiger charge is 2.26. The van der Waals surface area contributed by atoms with E-state index in [0.29, 0.717) is 6.61 Å². The minimum atomic E-state index is -0.780. The first-order valence-corrected chi connectivity index (χ1v) is 7.50. The summed E-state index contributed by atoms with van der Waals surface area (Å²) in [6.45, 7) is 4.10. The Morgan fingerprint density at radius 1 is 1.32 bits per heavy atom. The van der Waals surface area contributed by atoms with Crippen molar-refractivity contribution in [2.24, 2.45) is 0 Å². The maximum absolute atomic E-state index is 11.7. The molecule has 0 aromatic heterocycles. The standard InChI is InChI=1S/C17H21NO4/c1-3-21-15-9-4-13(5-10-15)6-11-16(19)22-12(2)17(20)18-14-7-8-14/h4-6,9-12,14H,3,7-8H2,1-2H3,(H,18,20)/b11-6+/t12-/m1/s1. The number of nitrogens with one attached hydrogen (secondary N) is 1. The van der Waals surface area contributed by atoms with Crippen molar-refractivity contribution in [2.45, 2.75) is 38.8 Å². The third-order valence-electron chi connectivity index (χ3n) is 3.19. The van der Waals surface area contributed by atoms with Gasteiger partial charge in [0.15, 0.2) is 6.10 Å². The minimum Gasteiger partial charge on any atom is -0.494 e. The molecule has 1 atom stereocenters. The van der Waals surface area contributed by atoms with Gasteiger partial charge in [0.05, 0.1) is 6.61 Å². The lowest BCUT2D eigenvalue weighted by Crippen LogP contribution is -2.36. The van der Waals surface area contributed by atoms with Crippen LogP contribution in [-0.2, 0) is 14.3 Å². The molecule has 1 fully saturated rings. The molecule has 1 amide bonds. The number of esters is 1. The molecule has 1 N–H and O–H groups in total. The van der Waals surface area contributed by atoms with Gasteiger partial charge in [-0.1, -0.05) is 12.1 Å². The summed E-state index contributed by atoms with van der Waals surface area (Å²) in [5.41, 5.74) is 0.857. The van der Waals surface area contributed by atoms with Crippen LogP contribution in [0.2, 0.25) is 0 Å². The van der Waals surface area contributed by atoms with E-state index in [1.54, 1.807) is 13.0 Å². The van der Waals surface area contributed by atoms with Crippen LogP contribution in [0.4, 0.5) is 0 Å². The van der Waals surface area contributed by atoms with Crippen LogP contribution in [0.3, 0.4) is 0 Å². The van der Waals surface area contributed by atoms with Gasteiger partial charge in [-0.2, -0.15) is 0 Å². The molecule has 118 valence electrons. The van der Waals surface area contributed by atoms with Gasteiger partial charge in [-0.05, 0) is 50.5 Å². The summed E-state index contributed by atoms with van der Waals surface area (Å²) in [6, 6.07) is 7.62. The van der Waals surface area contributed by atoms with Crippen LogP contribution in [0.1, 0.15) is 32.3 Å². The minimum absolute atomic E-state index is 0.245. The summed E-state index contributed by atoms with van der Waals surface area (Å²) in [6.07, 6.45) is 4.19. The lowest BCUT2D eigenvalue weighted by molar-refractivity contribution is -0.150. The zero-order valence-electron chi connectivity index (χ0n) is 12.9. The first kappa shape index (κ1) is 16.1. The van der Waals surface area contributed by atoms with E-state index in [4.69, 9.17) is 9.47 Å². The summed E-state index contributed by atoms with van der Waals surface area (Å²) in [5, 5.41) is 2.80. The second-order valence-electron chi connectivity index (χ2n) is 5.20. The van der Waals surface area contributed by atoms with Crippen molar-refractivity contribution in [3.63, 3.8) is 0 Å². The van der Waals surface area contributed by atoms with Gasteiger partial charge >= 0.3 is 5.97 Å². The lowest BCUT2D eigenvalue weighted by atomic mass is 10.2. The molecule has 5 nitrogen and oxygen atoms in total. The zero-order valence-corrected chi connectivity index (χ0v) is 12.9. The lowest BCUT2D eigenvalue weighted by Gasteiger charge is -2.11. The van der Waals surface area contributed by atoms with Crippen LogP contribution >= 0.6 is 0 Å². The van der Waals surface area contributed by atoms with E-state index in [0.717, 1.165) is 24.2 Å². The molecule has 1 saturated carbocycles. The van der Waals surface area contributed by atoms with E-state index in [1.165, 1.54) is 6.08 Å². The third kappa shape index (κ3) is 5.24. The third-order valence-corrected chi connectivity index (χ3v) is 3.19. The van der Waals surface area contributed by atoms with Crippen molar-refractivity contribution < 1.29 is 19.1 Å². The summed E-state index contributed by atoms with van der Waals surface area (Å²) < 4.78 is 10.4. The van der Waals surface area contributed by atoms with Crippen LogP contribution in [0.15, 0.2) is 30.3 Å². The first-order valence-electron chi connectivity index (χ1n) is 7.50. The number of amides is 1. The monoisotopic (exact) mass is 303 g/mol. The Hall–Kier alpha value is -2.30. The number of hydrogen-bond acceptors (Lipinski definition) is 4. The second kappa shape index (κ2) is 7.64. The number of ether oxygens (including phenoxy) is 2. The van der Waals surface area contributed by atoms with Crippen LogP contribution in [-0.4, -0.2) is 30.6 Å². The second-order valence-corrected chi connectivity index (χ2v) is 5.20. The highest BCUT2D eigenvalue weighted by molar-refractivity contribution is 5.90. The Morgan fingerprint density at radius 3 is 2.59 bits per heavy atom. The molecule has 0 spiro atoms. The van der Waals surface area contributed by atoms with Gasteiger partial charge < -0.3 is 14.8 Å². The molecule has 1 aromatic rings. The Kier molecular flexibility index (Phi) is 5.58. The normalized spacial score (nSPS) is 15.4. The fourth-order valence-electron chi connectivity index (χ4n) is 1.82. The van der Waals surface area contributed by atoms with Crippen LogP contribution in [0.25, 0.3) is 6.08 Å². The van der Waals surface area contributed by atoms with E-state index >= 15 is 0 Å². The van der Waals surface area contributed by atoms with Crippen molar-refractivity contribution >= 4 is 18.0 Å². The van der Waals surface area contributed by atoms with E-state index in [9.17, 15) is 9.59 Å². The van der Waals surface area contributed by atoms with E-state index in [1.807, 2.05) is 31.2 Å². The Bertz CT molecular complexity index is 546.